The number of nitrogens with one attached hydrogen (secondary N) is 1. The fraction of sp³-hybridized carbons (Fsp3) is 0.200. The van der Waals surface area contributed by atoms with Crippen molar-refractivity contribution >= 4 is 17.3 Å². The van der Waals surface area contributed by atoms with E-state index in [0.717, 1.165) is 39.6 Å². The molecule has 0 saturated heterocycles. The van der Waals surface area contributed by atoms with Crippen molar-refractivity contribution in [2.75, 3.05) is 13.7 Å². The van der Waals surface area contributed by atoms with Crippen LogP contribution in [0.25, 0.3) is 5.70 Å². The predicted molar refractivity (Wildman–Crippen MR) is 121 cm³/mol. The summed E-state index contributed by atoms with van der Waals surface area (Å²) in [5.41, 5.74) is 7.60. The predicted octanol–water partition coefficient (Wildman–Crippen LogP) is 5.74. The van der Waals surface area contributed by atoms with Gasteiger partial charge in [-0.2, -0.15) is 5.01 Å². The highest BCUT2D eigenvalue weighted by Gasteiger charge is 2.41. The Labute approximate surface area is 186 Å². The zero-order valence-corrected chi connectivity index (χ0v) is 18.1. The van der Waals surface area contributed by atoms with Gasteiger partial charge in [0.1, 0.15) is 5.75 Å². The first-order chi connectivity index (χ1) is 15.2. The van der Waals surface area contributed by atoms with Gasteiger partial charge in [-0.05, 0) is 43.3 Å². The van der Waals surface area contributed by atoms with E-state index in [2.05, 4.69) is 28.6 Å². The molecule has 0 amide bonds. The third-order valence-corrected chi connectivity index (χ3v) is 5.73. The Hall–Kier alpha value is -3.15. The molecular weight excluding hydrogens is 412 g/mol. The number of ether oxygens (including phenoxy) is 3. The van der Waals surface area contributed by atoms with E-state index >= 15 is 0 Å². The largest absolute Gasteiger partial charge is 0.497 e. The van der Waals surface area contributed by atoms with Gasteiger partial charge >= 0.3 is 0 Å². The Balaban J connectivity index is 1.61. The lowest BCUT2D eigenvalue weighted by Gasteiger charge is -2.39. The van der Waals surface area contributed by atoms with E-state index in [1.807, 2.05) is 61.5 Å². The third-order valence-electron chi connectivity index (χ3n) is 5.50. The molecule has 158 valence electrons. The molecule has 0 fully saturated rings. The maximum absolute atomic E-state index is 6.52. The van der Waals surface area contributed by atoms with Crippen molar-refractivity contribution in [3.8, 4) is 17.2 Å². The van der Waals surface area contributed by atoms with Crippen LogP contribution in [0.2, 0.25) is 5.02 Å². The zero-order valence-electron chi connectivity index (χ0n) is 17.3. The second kappa shape index (κ2) is 8.17. The van der Waals surface area contributed by atoms with E-state index in [4.69, 9.17) is 25.8 Å². The van der Waals surface area contributed by atoms with Gasteiger partial charge in [0.2, 0.25) is 0 Å². The van der Waals surface area contributed by atoms with Crippen LogP contribution in [0.1, 0.15) is 35.9 Å². The molecule has 5 nitrogen and oxygen atoms in total. The summed E-state index contributed by atoms with van der Waals surface area (Å²) < 4.78 is 17.8. The monoisotopic (exact) mass is 434 g/mol. The van der Waals surface area contributed by atoms with Crippen molar-refractivity contribution in [2.24, 2.45) is 0 Å². The van der Waals surface area contributed by atoms with E-state index in [1.54, 1.807) is 7.11 Å². The quantitative estimate of drug-likeness (QED) is 0.554. The first-order valence-corrected chi connectivity index (χ1v) is 10.6. The van der Waals surface area contributed by atoms with Crippen LogP contribution < -0.4 is 19.6 Å². The average Bonchev–Trinajstić information content (AvgIpc) is 3.25. The number of hydrazine groups is 1. The molecule has 0 aliphatic carbocycles. The molecule has 6 heteroatoms. The van der Waals surface area contributed by atoms with Gasteiger partial charge < -0.3 is 19.6 Å². The molecule has 0 saturated carbocycles. The van der Waals surface area contributed by atoms with Crippen LogP contribution in [0.15, 0.2) is 72.8 Å². The van der Waals surface area contributed by atoms with Crippen LogP contribution in [-0.4, -0.2) is 18.7 Å². The number of para-hydroxylation sites is 1. The van der Waals surface area contributed by atoms with E-state index < -0.39 is 0 Å². The number of halogens is 1. The fourth-order valence-corrected chi connectivity index (χ4v) is 4.30. The van der Waals surface area contributed by atoms with Crippen LogP contribution in [-0.2, 0) is 0 Å². The molecular formula is C25H23ClN2O3. The molecule has 0 aromatic heterocycles. The molecule has 2 unspecified atom stereocenters. The molecule has 2 heterocycles. The number of hydrogen-bond acceptors (Lipinski definition) is 5. The first kappa shape index (κ1) is 19.8. The highest BCUT2D eigenvalue weighted by atomic mass is 35.5. The highest BCUT2D eigenvalue weighted by Crippen LogP contribution is 2.49. The number of methoxy groups -OCH3 is 1. The van der Waals surface area contributed by atoms with Crippen LogP contribution in [0.3, 0.4) is 0 Å². The van der Waals surface area contributed by atoms with Gasteiger partial charge in [0.15, 0.2) is 17.7 Å². The van der Waals surface area contributed by atoms with Gasteiger partial charge in [0.05, 0.1) is 25.5 Å². The minimum Gasteiger partial charge on any atom is -0.497 e. The third kappa shape index (κ3) is 3.60. The molecule has 3 aromatic rings. The summed E-state index contributed by atoms with van der Waals surface area (Å²) >= 11 is 6.30. The number of hydrogen-bond donors (Lipinski definition) is 1. The van der Waals surface area contributed by atoms with Crippen molar-refractivity contribution in [3.05, 3.63) is 94.5 Å². The van der Waals surface area contributed by atoms with Crippen molar-refractivity contribution < 1.29 is 14.2 Å². The zero-order chi connectivity index (χ0) is 21.4. The molecule has 31 heavy (non-hydrogen) atoms. The van der Waals surface area contributed by atoms with E-state index in [-0.39, 0.29) is 12.3 Å². The SMILES string of the molecule is CCOc1cccc2c1OC(c1cccc(Cl)c1)N1NC(c3cccc(OC)c3)=CC21. The number of rotatable bonds is 5. The summed E-state index contributed by atoms with van der Waals surface area (Å²) in [6.07, 6.45) is 1.83. The highest BCUT2D eigenvalue weighted by molar-refractivity contribution is 6.30. The summed E-state index contributed by atoms with van der Waals surface area (Å²) in [6.45, 7) is 2.54. The molecule has 2 aliphatic heterocycles. The minimum absolute atomic E-state index is 0.0330. The van der Waals surface area contributed by atoms with Gasteiger partial charge in [0, 0.05) is 21.7 Å². The lowest BCUT2D eigenvalue weighted by molar-refractivity contribution is -0.0345. The van der Waals surface area contributed by atoms with Crippen LogP contribution in [0.4, 0.5) is 0 Å². The Bertz CT molecular complexity index is 1150. The van der Waals surface area contributed by atoms with Crippen LogP contribution >= 0.6 is 11.6 Å². The molecule has 2 atom stereocenters. The summed E-state index contributed by atoms with van der Waals surface area (Å²) in [4.78, 5) is 0. The van der Waals surface area contributed by atoms with Gasteiger partial charge in [-0.15, -0.1) is 0 Å². The molecule has 0 radical (unpaired) electrons. The molecule has 1 N–H and O–H groups in total. The number of fused-ring (bicyclic) bond motifs is 3. The summed E-state index contributed by atoms with van der Waals surface area (Å²) in [7, 11) is 1.67. The number of benzene rings is 3. The lowest BCUT2D eigenvalue weighted by atomic mass is 10.00. The van der Waals surface area contributed by atoms with Crippen molar-refractivity contribution in [3.63, 3.8) is 0 Å². The maximum Gasteiger partial charge on any atom is 0.196 e. The normalized spacial score (nSPS) is 19.5. The Morgan fingerprint density at radius 2 is 1.90 bits per heavy atom. The standard InChI is InChI=1S/C25H23ClN2O3/c1-3-30-23-12-6-11-20-22-15-21(16-7-5-10-19(14-16)29-2)27-28(22)25(31-24(20)23)17-8-4-9-18(26)13-17/h4-15,22,25,27H,3H2,1-2H3. The van der Waals surface area contributed by atoms with Gasteiger partial charge in [-0.25, -0.2) is 0 Å². The minimum atomic E-state index is -0.378. The molecule has 3 aromatic carbocycles. The molecule has 0 bridgehead atoms. The second-order valence-electron chi connectivity index (χ2n) is 7.41. The molecule has 2 aliphatic rings. The summed E-state index contributed by atoms with van der Waals surface area (Å²) in [5, 5.41) is 2.78. The lowest BCUT2D eigenvalue weighted by Crippen LogP contribution is -2.43. The fourth-order valence-electron chi connectivity index (χ4n) is 4.10. The van der Waals surface area contributed by atoms with Crippen molar-refractivity contribution in [2.45, 2.75) is 19.2 Å². The Morgan fingerprint density at radius 1 is 1.06 bits per heavy atom. The average molecular weight is 435 g/mol. The van der Waals surface area contributed by atoms with Crippen LogP contribution in [0, 0.1) is 0 Å². The van der Waals surface area contributed by atoms with Gasteiger partial charge in [-0.3, -0.25) is 0 Å². The van der Waals surface area contributed by atoms with E-state index in [0.29, 0.717) is 11.6 Å². The van der Waals surface area contributed by atoms with Gasteiger partial charge in [-0.1, -0.05) is 48.0 Å². The van der Waals surface area contributed by atoms with Crippen molar-refractivity contribution in [1.29, 1.82) is 0 Å². The van der Waals surface area contributed by atoms with Gasteiger partial charge in [0.25, 0.3) is 0 Å². The van der Waals surface area contributed by atoms with Crippen molar-refractivity contribution in [1.82, 2.24) is 10.4 Å². The Morgan fingerprint density at radius 3 is 2.71 bits per heavy atom. The smallest absolute Gasteiger partial charge is 0.196 e. The number of nitrogens with zero attached hydrogens (tertiary/aromatic N) is 1. The van der Waals surface area contributed by atoms with Crippen LogP contribution in [0.5, 0.6) is 17.2 Å². The maximum atomic E-state index is 6.52. The summed E-state index contributed by atoms with van der Waals surface area (Å²) in [6, 6.07) is 21.8. The molecule has 5 rings (SSSR count). The molecule has 0 spiro atoms. The van der Waals surface area contributed by atoms with E-state index in [9.17, 15) is 0 Å². The first-order valence-electron chi connectivity index (χ1n) is 10.3. The van der Waals surface area contributed by atoms with E-state index in [1.165, 1.54) is 0 Å². The Kier molecular flexibility index (Phi) is 5.22. The topological polar surface area (TPSA) is 43.0 Å². The second-order valence-corrected chi connectivity index (χ2v) is 7.85. The summed E-state index contributed by atoms with van der Waals surface area (Å²) in [5.74, 6) is 2.32.